The zero-order valence-corrected chi connectivity index (χ0v) is 7.57. The highest BCUT2D eigenvalue weighted by atomic mass is 19.4. The average Bonchev–Trinajstić information content (AvgIpc) is 1.94. The molecule has 1 aromatic carbocycles. The summed E-state index contributed by atoms with van der Waals surface area (Å²) in [5.41, 5.74) is 1.93. The number of rotatable bonds is 1. The number of aryl methyl sites for hydroxylation is 2. The van der Waals surface area contributed by atoms with Crippen molar-refractivity contribution < 1.29 is 13.2 Å². The normalized spacial score (nSPS) is 11.8. The van der Waals surface area contributed by atoms with Crippen LogP contribution in [-0.2, 0) is 6.42 Å². The quantitative estimate of drug-likeness (QED) is 0.633. The van der Waals surface area contributed by atoms with E-state index in [0.29, 0.717) is 11.1 Å². The molecule has 0 radical (unpaired) electrons. The molecular formula is C10H11F3. The Morgan fingerprint density at radius 3 is 2.31 bits per heavy atom. The van der Waals surface area contributed by atoms with Crippen molar-refractivity contribution in [3.8, 4) is 0 Å². The Morgan fingerprint density at radius 1 is 1.15 bits per heavy atom. The van der Waals surface area contributed by atoms with Gasteiger partial charge in [-0.05, 0) is 25.0 Å². The van der Waals surface area contributed by atoms with Crippen LogP contribution in [0.1, 0.15) is 16.7 Å². The van der Waals surface area contributed by atoms with Gasteiger partial charge in [-0.25, -0.2) is 0 Å². The van der Waals surface area contributed by atoms with Gasteiger partial charge in [-0.3, -0.25) is 0 Å². The van der Waals surface area contributed by atoms with E-state index in [1.165, 1.54) is 0 Å². The fourth-order valence-corrected chi connectivity index (χ4v) is 1.21. The van der Waals surface area contributed by atoms with Crippen molar-refractivity contribution in [2.75, 3.05) is 0 Å². The second-order valence-electron chi connectivity index (χ2n) is 3.22. The van der Waals surface area contributed by atoms with E-state index in [4.69, 9.17) is 0 Å². The van der Waals surface area contributed by atoms with Crippen molar-refractivity contribution in [2.45, 2.75) is 26.4 Å². The van der Waals surface area contributed by atoms with Crippen LogP contribution in [0.25, 0.3) is 0 Å². The molecule has 0 aromatic heterocycles. The SMILES string of the molecule is Cc1ccc(C)c(CC(F)(F)F)c1. The minimum Gasteiger partial charge on any atom is -0.171 e. The van der Waals surface area contributed by atoms with Gasteiger partial charge < -0.3 is 0 Å². The van der Waals surface area contributed by atoms with Crippen molar-refractivity contribution in [2.24, 2.45) is 0 Å². The molecule has 0 atom stereocenters. The molecule has 0 heterocycles. The summed E-state index contributed by atoms with van der Waals surface area (Å²) in [4.78, 5) is 0. The molecule has 3 heteroatoms. The molecule has 0 nitrogen and oxygen atoms in total. The van der Waals surface area contributed by atoms with Gasteiger partial charge in [0.05, 0.1) is 6.42 Å². The number of halogens is 3. The predicted molar refractivity (Wildman–Crippen MR) is 45.7 cm³/mol. The molecular weight excluding hydrogens is 177 g/mol. The smallest absolute Gasteiger partial charge is 0.171 e. The lowest BCUT2D eigenvalue weighted by Gasteiger charge is -2.09. The van der Waals surface area contributed by atoms with Gasteiger partial charge in [-0.2, -0.15) is 13.2 Å². The first-order chi connectivity index (χ1) is 5.88. The third-order valence-electron chi connectivity index (χ3n) is 1.90. The zero-order chi connectivity index (χ0) is 10.1. The molecule has 0 unspecified atom stereocenters. The highest BCUT2D eigenvalue weighted by Crippen LogP contribution is 2.23. The van der Waals surface area contributed by atoms with Gasteiger partial charge in [0, 0.05) is 0 Å². The summed E-state index contributed by atoms with van der Waals surface area (Å²) in [5, 5.41) is 0. The minimum atomic E-state index is -4.11. The molecule has 0 aliphatic rings. The lowest BCUT2D eigenvalue weighted by atomic mass is 10.0. The maximum Gasteiger partial charge on any atom is 0.393 e. The fourth-order valence-electron chi connectivity index (χ4n) is 1.21. The predicted octanol–water partition coefficient (Wildman–Crippen LogP) is 3.41. The van der Waals surface area contributed by atoms with Crippen LogP contribution in [0.15, 0.2) is 18.2 Å². The van der Waals surface area contributed by atoms with Crippen LogP contribution in [0.3, 0.4) is 0 Å². The topological polar surface area (TPSA) is 0 Å². The molecule has 13 heavy (non-hydrogen) atoms. The Kier molecular flexibility index (Phi) is 2.64. The van der Waals surface area contributed by atoms with E-state index in [2.05, 4.69) is 0 Å². The lowest BCUT2D eigenvalue weighted by molar-refractivity contribution is -0.127. The van der Waals surface area contributed by atoms with Gasteiger partial charge in [0.15, 0.2) is 0 Å². The van der Waals surface area contributed by atoms with Crippen molar-refractivity contribution >= 4 is 0 Å². The van der Waals surface area contributed by atoms with E-state index in [9.17, 15) is 13.2 Å². The fraction of sp³-hybridized carbons (Fsp3) is 0.400. The van der Waals surface area contributed by atoms with E-state index in [0.717, 1.165) is 5.56 Å². The molecule has 0 aliphatic heterocycles. The molecule has 0 spiro atoms. The first-order valence-corrected chi connectivity index (χ1v) is 4.01. The molecule has 0 bridgehead atoms. The van der Waals surface area contributed by atoms with Crippen molar-refractivity contribution in [3.63, 3.8) is 0 Å². The molecule has 0 N–H and O–H groups in total. The monoisotopic (exact) mass is 188 g/mol. The number of benzene rings is 1. The Balaban J connectivity index is 2.94. The highest BCUT2D eigenvalue weighted by molar-refractivity contribution is 5.30. The number of hydrogen-bond donors (Lipinski definition) is 0. The Morgan fingerprint density at radius 2 is 1.77 bits per heavy atom. The molecule has 1 aromatic rings. The lowest BCUT2D eigenvalue weighted by Crippen LogP contribution is -2.12. The number of alkyl halides is 3. The molecule has 0 amide bonds. The van der Waals surface area contributed by atoms with Gasteiger partial charge in [-0.1, -0.05) is 23.8 Å². The Hall–Kier alpha value is -0.990. The van der Waals surface area contributed by atoms with E-state index in [1.54, 1.807) is 26.0 Å². The molecule has 0 saturated carbocycles. The van der Waals surface area contributed by atoms with Gasteiger partial charge in [0.1, 0.15) is 0 Å². The Labute approximate surface area is 75.4 Å². The standard InChI is InChI=1S/C10H11F3/c1-7-3-4-8(2)9(5-7)6-10(11,12)13/h3-5H,6H2,1-2H3. The van der Waals surface area contributed by atoms with Crippen LogP contribution < -0.4 is 0 Å². The van der Waals surface area contributed by atoms with Gasteiger partial charge >= 0.3 is 6.18 Å². The summed E-state index contributed by atoms with van der Waals surface area (Å²) in [7, 11) is 0. The molecule has 0 fully saturated rings. The summed E-state index contributed by atoms with van der Waals surface area (Å²) in [6, 6.07) is 5.12. The zero-order valence-electron chi connectivity index (χ0n) is 7.57. The number of hydrogen-bond acceptors (Lipinski definition) is 0. The third-order valence-corrected chi connectivity index (χ3v) is 1.90. The minimum absolute atomic E-state index is 0.368. The largest absolute Gasteiger partial charge is 0.393 e. The van der Waals surface area contributed by atoms with E-state index >= 15 is 0 Å². The molecule has 0 saturated heterocycles. The molecule has 0 aliphatic carbocycles. The van der Waals surface area contributed by atoms with Crippen LogP contribution in [0.5, 0.6) is 0 Å². The van der Waals surface area contributed by atoms with Gasteiger partial charge in [0.2, 0.25) is 0 Å². The Bertz CT molecular complexity index is 300. The second kappa shape index (κ2) is 3.40. The van der Waals surface area contributed by atoms with Crippen molar-refractivity contribution in [3.05, 3.63) is 34.9 Å². The summed E-state index contributed by atoms with van der Waals surface area (Å²) in [6.45, 7) is 3.49. The summed E-state index contributed by atoms with van der Waals surface area (Å²) >= 11 is 0. The van der Waals surface area contributed by atoms with Crippen LogP contribution in [0, 0.1) is 13.8 Å². The van der Waals surface area contributed by atoms with E-state index in [-0.39, 0.29) is 0 Å². The highest BCUT2D eigenvalue weighted by Gasteiger charge is 2.28. The first kappa shape index (κ1) is 10.1. The summed E-state index contributed by atoms with van der Waals surface area (Å²) in [5.74, 6) is 0. The summed E-state index contributed by atoms with van der Waals surface area (Å²) < 4.78 is 36.2. The van der Waals surface area contributed by atoms with Gasteiger partial charge in [0.25, 0.3) is 0 Å². The van der Waals surface area contributed by atoms with E-state index in [1.807, 2.05) is 6.07 Å². The van der Waals surface area contributed by atoms with Crippen molar-refractivity contribution in [1.29, 1.82) is 0 Å². The first-order valence-electron chi connectivity index (χ1n) is 4.01. The van der Waals surface area contributed by atoms with Crippen LogP contribution in [-0.4, -0.2) is 6.18 Å². The van der Waals surface area contributed by atoms with Crippen LogP contribution >= 0.6 is 0 Å². The van der Waals surface area contributed by atoms with Crippen LogP contribution in [0.4, 0.5) is 13.2 Å². The molecule has 1 rings (SSSR count). The maximum atomic E-state index is 12.1. The third kappa shape index (κ3) is 3.09. The van der Waals surface area contributed by atoms with Crippen LogP contribution in [0.2, 0.25) is 0 Å². The maximum absolute atomic E-state index is 12.1. The van der Waals surface area contributed by atoms with E-state index < -0.39 is 12.6 Å². The average molecular weight is 188 g/mol. The van der Waals surface area contributed by atoms with Gasteiger partial charge in [-0.15, -0.1) is 0 Å². The summed E-state index contributed by atoms with van der Waals surface area (Å²) in [6.07, 6.45) is -4.95. The second-order valence-corrected chi connectivity index (χ2v) is 3.22. The van der Waals surface area contributed by atoms with Crippen molar-refractivity contribution in [1.82, 2.24) is 0 Å². The molecule has 72 valence electrons.